The first-order chi connectivity index (χ1) is 12.7. The number of aryl methyl sites for hydroxylation is 2. The molecule has 2 unspecified atom stereocenters. The summed E-state index contributed by atoms with van der Waals surface area (Å²) < 4.78 is 5.71. The summed E-state index contributed by atoms with van der Waals surface area (Å²) in [4.78, 5) is 27.0. The standard InChI is InChI=1S/C20H31N3O4/c1-14-5-6-17(9-15(14)2)16(3)21-19(24)12-23-7-8-27-18(11-23)10-22(4)13-20(25)26/h5-6,9,16,18H,7-8,10-13H2,1-4H3,(H,21,24)(H,25,26). The molecule has 1 saturated heterocycles. The predicted molar refractivity (Wildman–Crippen MR) is 104 cm³/mol. The number of ether oxygens (including phenoxy) is 1. The van der Waals surface area contributed by atoms with Crippen LogP contribution in [0.3, 0.4) is 0 Å². The van der Waals surface area contributed by atoms with Gasteiger partial charge in [-0.25, -0.2) is 0 Å². The lowest BCUT2D eigenvalue weighted by atomic mass is 10.0. The van der Waals surface area contributed by atoms with Crippen molar-refractivity contribution in [2.75, 3.05) is 46.4 Å². The van der Waals surface area contributed by atoms with E-state index in [1.807, 2.05) is 6.92 Å². The van der Waals surface area contributed by atoms with Gasteiger partial charge in [-0.3, -0.25) is 19.4 Å². The zero-order chi connectivity index (χ0) is 20.0. The van der Waals surface area contributed by atoms with Crippen molar-refractivity contribution in [1.82, 2.24) is 15.1 Å². The van der Waals surface area contributed by atoms with Crippen molar-refractivity contribution in [3.63, 3.8) is 0 Å². The SMILES string of the molecule is Cc1ccc(C(C)NC(=O)CN2CCOC(CN(C)CC(=O)O)C2)cc1C. The third-order valence-corrected chi connectivity index (χ3v) is 4.92. The third kappa shape index (κ3) is 6.93. The number of carboxylic acids is 1. The van der Waals surface area contributed by atoms with Gasteiger partial charge in [0.2, 0.25) is 5.91 Å². The van der Waals surface area contributed by atoms with Gasteiger partial charge < -0.3 is 15.2 Å². The molecular formula is C20H31N3O4. The first-order valence-electron chi connectivity index (χ1n) is 9.35. The van der Waals surface area contributed by atoms with Gasteiger partial charge >= 0.3 is 5.97 Å². The number of likely N-dealkylation sites (N-methyl/N-ethyl adjacent to an activating group) is 1. The Morgan fingerprint density at radius 3 is 2.78 bits per heavy atom. The molecule has 1 aromatic carbocycles. The number of carboxylic acid groups (broad SMARTS) is 1. The highest BCUT2D eigenvalue weighted by Gasteiger charge is 2.24. The Morgan fingerprint density at radius 2 is 2.11 bits per heavy atom. The van der Waals surface area contributed by atoms with Gasteiger partial charge in [0.05, 0.1) is 31.8 Å². The summed E-state index contributed by atoms with van der Waals surface area (Å²) in [6, 6.07) is 6.20. The molecule has 0 spiro atoms. The fraction of sp³-hybridized carbons (Fsp3) is 0.600. The highest BCUT2D eigenvalue weighted by Crippen LogP contribution is 2.17. The molecule has 7 heteroatoms. The summed E-state index contributed by atoms with van der Waals surface area (Å²) in [5.74, 6) is -0.870. The number of nitrogens with zero attached hydrogens (tertiary/aromatic N) is 2. The number of benzene rings is 1. The van der Waals surface area contributed by atoms with Crippen LogP contribution in [-0.2, 0) is 14.3 Å². The van der Waals surface area contributed by atoms with Crippen molar-refractivity contribution in [2.24, 2.45) is 0 Å². The Labute approximate surface area is 161 Å². The van der Waals surface area contributed by atoms with Gasteiger partial charge in [0.15, 0.2) is 0 Å². The highest BCUT2D eigenvalue weighted by atomic mass is 16.5. The van der Waals surface area contributed by atoms with Crippen LogP contribution in [0.5, 0.6) is 0 Å². The number of rotatable bonds is 8. The maximum atomic E-state index is 12.4. The van der Waals surface area contributed by atoms with E-state index in [0.29, 0.717) is 32.8 Å². The van der Waals surface area contributed by atoms with Gasteiger partial charge in [0.1, 0.15) is 0 Å². The van der Waals surface area contributed by atoms with Crippen LogP contribution in [0.2, 0.25) is 0 Å². The third-order valence-electron chi connectivity index (χ3n) is 4.92. The van der Waals surface area contributed by atoms with Crippen molar-refractivity contribution in [3.8, 4) is 0 Å². The van der Waals surface area contributed by atoms with Gasteiger partial charge in [-0.2, -0.15) is 0 Å². The molecule has 0 aromatic heterocycles. The van der Waals surface area contributed by atoms with E-state index in [1.54, 1.807) is 11.9 Å². The highest BCUT2D eigenvalue weighted by molar-refractivity contribution is 5.78. The summed E-state index contributed by atoms with van der Waals surface area (Å²) in [5.41, 5.74) is 3.56. The lowest BCUT2D eigenvalue weighted by Crippen LogP contribution is -2.50. The van der Waals surface area contributed by atoms with Crippen LogP contribution in [0.25, 0.3) is 0 Å². The van der Waals surface area contributed by atoms with Crippen LogP contribution in [0.1, 0.15) is 29.7 Å². The number of aliphatic carboxylic acids is 1. The maximum absolute atomic E-state index is 12.4. The monoisotopic (exact) mass is 377 g/mol. The van der Waals surface area contributed by atoms with Crippen LogP contribution in [0, 0.1) is 13.8 Å². The second-order valence-electron chi connectivity index (χ2n) is 7.45. The Morgan fingerprint density at radius 1 is 1.37 bits per heavy atom. The van der Waals surface area contributed by atoms with E-state index in [2.05, 4.69) is 42.3 Å². The maximum Gasteiger partial charge on any atom is 0.317 e. The molecular weight excluding hydrogens is 346 g/mol. The molecule has 1 heterocycles. The molecule has 2 N–H and O–H groups in total. The molecule has 1 amide bonds. The number of morpholine rings is 1. The quantitative estimate of drug-likeness (QED) is 0.708. The molecule has 150 valence electrons. The minimum absolute atomic E-state index is 0.0136. The minimum Gasteiger partial charge on any atom is -0.480 e. The molecule has 1 fully saturated rings. The van der Waals surface area contributed by atoms with Crippen LogP contribution >= 0.6 is 0 Å². The molecule has 2 atom stereocenters. The van der Waals surface area contributed by atoms with E-state index in [1.165, 1.54) is 11.1 Å². The molecule has 0 aliphatic carbocycles. The zero-order valence-corrected chi connectivity index (χ0v) is 16.7. The average Bonchev–Trinajstić information content (AvgIpc) is 2.56. The summed E-state index contributed by atoms with van der Waals surface area (Å²) in [5, 5.41) is 11.9. The fourth-order valence-corrected chi connectivity index (χ4v) is 3.29. The van der Waals surface area contributed by atoms with Crippen molar-refractivity contribution < 1.29 is 19.4 Å². The average molecular weight is 377 g/mol. The smallest absolute Gasteiger partial charge is 0.317 e. The Balaban J connectivity index is 1.82. The summed E-state index contributed by atoms with van der Waals surface area (Å²) in [7, 11) is 1.76. The number of nitrogens with one attached hydrogen (secondary N) is 1. The van der Waals surface area contributed by atoms with Crippen LogP contribution in [-0.4, -0.2) is 79.3 Å². The number of carbonyl (C=O) groups is 2. The van der Waals surface area contributed by atoms with Gasteiger partial charge in [-0.1, -0.05) is 18.2 Å². The van der Waals surface area contributed by atoms with E-state index in [9.17, 15) is 9.59 Å². The number of hydrogen-bond donors (Lipinski definition) is 2. The predicted octanol–water partition coefficient (Wildman–Crippen LogP) is 1.20. The first-order valence-corrected chi connectivity index (χ1v) is 9.35. The molecule has 27 heavy (non-hydrogen) atoms. The summed E-state index contributed by atoms with van der Waals surface area (Å²) in [6.45, 7) is 8.83. The fourth-order valence-electron chi connectivity index (χ4n) is 3.29. The van der Waals surface area contributed by atoms with Crippen molar-refractivity contribution in [2.45, 2.75) is 32.9 Å². The normalized spacial score (nSPS) is 19.1. The zero-order valence-electron chi connectivity index (χ0n) is 16.7. The minimum atomic E-state index is -0.857. The number of carbonyl (C=O) groups excluding carboxylic acids is 1. The van der Waals surface area contributed by atoms with Crippen molar-refractivity contribution in [3.05, 3.63) is 34.9 Å². The van der Waals surface area contributed by atoms with Gasteiger partial charge in [0.25, 0.3) is 0 Å². The van der Waals surface area contributed by atoms with Gasteiger partial charge in [-0.15, -0.1) is 0 Å². The van der Waals surface area contributed by atoms with Crippen molar-refractivity contribution in [1.29, 1.82) is 0 Å². The van der Waals surface area contributed by atoms with E-state index >= 15 is 0 Å². The van der Waals surface area contributed by atoms with E-state index < -0.39 is 5.97 Å². The molecule has 0 bridgehead atoms. The van der Waals surface area contributed by atoms with Gasteiger partial charge in [0, 0.05) is 19.6 Å². The van der Waals surface area contributed by atoms with E-state index in [4.69, 9.17) is 9.84 Å². The number of amides is 1. The lowest BCUT2D eigenvalue weighted by Gasteiger charge is -2.34. The number of hydrogen-bond acceptors (Lipinski definition) is 5. The Kier molecular flexibility index (Phi) is 7.77. The summed E-state index contributed by atoms with van der Waals surface area (Å²) in [6.07, 6.45) is -0.0897. The molecule has 1 aromatic rings. The van der Waals surface area contributed by atoms with E-state index in [0.717, 1.165) is 5.56 Å². The van der Waals surface area contributed by atoms with Crippen LogP contribution in [0.15, 0.2) is 18.2 Å². The second kappa shape index (κ2) is 9.82. The Hall–Kier alpha value is -1.96. The molecule has 0 saturated carbocycles. The van der Waals surface area contributed by atoms with E-state index in [-0.39, 0.29) is 24.6 Å². The van der Waals surface area contributed by atoms with Gasteiger partial charge in [-0.05, 0) is 44.5 Å². The molecule has 1 aliphatic rings. The molecule has 0 radical (unpaired) electrons. The topological polar surface area (TPSA) is 82.1 Å². The lowest BCUT2D eigenvalue weighted by molar-refractivity contribution is -0.138. The van der Waals surface area contributed by atoms with Crippen LogP contribution in [0.4, 0.5) is 0 Å². The van der Waals surface area contributed by atoms with Crippen molar-refractivity contribution >= 4 is 11.9 Å². The summed E-state index contributed by atoms with van der Waals surface area (Å²) >= 11 is 0. The molecule has 2 rings (SSSR count). The molecule has 1 aliphatic heterocycles. The van der Waals surface area contributed by atoms with Crippen LogP contribution < -0.4 is 5.32 Å². The Bertz CT molecular complexity index is 665. The molecule has 7 nitrogen and oxygen atoms in total. The second-order valence-corrected chi connectivity index (χ2v) is 7.45. The first kappa shape index (κ1) is 21.3. The largest absolute Gasteiger partial charge is 0.480 e.